The van der Waals surface area contributed by atoms with Crippen molar-refractivity contribution in [3.8, 4) is 0 Å². The lowest BCUT2D eigenvalue weighted by Gasteiger charge is -2.20. The molecule has 0 amide bonds. The van der Waals surface area contributed by atoms with E-state index in [1.807, 2.05) is 0 Å². The largest absolute Gasteiger partial charge is 0.294 e. The molecule has 1 unspecified atom stereocenters. The molecule has 6 heteroatoms. The van der Waals surface area contributed by atoms with Crippen molar-refractivity contribution in [1.82, 2.24) is 0 Å². The molecule has 1 saturated carbocycles. The van der Waals surface area contributed by atoms with E-state index in [1.54, 1.807) is 19.1 Å². The minimum absolute atomic E-state index is 0.0240. The van der Waals surface area contributed by atoms with Crippen molar-refractivity contribution in [2.45, 2.75) is 43.4 Å². The highest BCUT2D eigenvalue weighted by Gasteiger charge is 2.43. The number of rotatable bonds is 3. The maximum Gasteiger partial charge on any atom is 0.294 e. The number of halogens is 2. The van der Waals surface area contributed by atoms with Crippen LogP contribution in [-0.2, 0) is 16.5 Å². The Hall–Kier alpha value is -1.01. The second kappa shape index (κ2) is 4.83. The minimum Gasteiger partial charge on any atom is -0.282 e. The zero-order chi connectivity index (χ0) is 14.3. The van der Waals surface area contributed by atoms with Crippen LogP contribution in [0.4, 0.5) is 8.78 Å². The lowest BCUT2D eigenvalue weighted by molar-refractivity contribution is -0.0365. The highest BCUT2D eigenvalue weighted by atomic mass is 32.2. The average Bonchev–Trinajstić information content (AvgIpc) is 2.56. The average molecular weight is 290 g/mol. The van der Waals surface area contributed by atoms with Crippen LogP contribution in [0.5, 0.6) is 0 Å². The van der Waals surface area contributed by atoms with Crippen molar-refractivity contribution in [3.63, 3.8) is 0 Å². The number of alkyl halides is 2. The first kappa shape index (κ1) is 14.4. The van der Waals surface area contributed by atoms with Gasteiger partial charge in [0.15, 0.2) is 0 Å². The van der Waals surface area contributed by atoms with Crippen LogP contribution in [0.15, 0.2) is 23.1 Å². The third-order valence-electron chi connectivity index (χ3n) is 3.62. The summed E-state index contributed by atoms with van der Waals surface area (Å²) in [5.41, 5.74) is 1.05. The monoisotopic (exact) mass is 290 g/mol. The van der Waals surface area contributed by atoms with Crippen molar-refractivity contribution >= 4 is 10.1 Å². The van der Waals surface area contributed by atoms with Crippen molar-refractivity contribution < 1.29 is 21.8 Å². The van der Waals surface area contributed by atoms with Crippen LogP contribution in [0.1, 0.15) is 30.4 Å². The van der Waals surface area contributed by atoms with Crippen molar-refractivity contribution in [2.75, 3.05) is 0 Å². The maximum absolute atomic E-state index is 13.6. The van der Waals surface area contributed by atoms with E-state index in [4.69, 9.17) is 4.55 Å². The molecule has 1 N–H and O–H groups in total. The number of benzene rings is 1. The van der Waals surface area contributed by atoms with Crippen LogP contribution in [0, 0.1) is 12.8 Å². The van der Waals surface area contributed by atoms with Gasteiger partial charge in [0, 0.05) is 12.3 Å². The van der Waals surface area contributed by atoms with Crippen molar-refractivity contribution in [3.05, 3.63) is 29.3 Å². The summed E-state index contributed by atoms with van der Waals surface area (Å²) in [7, 11) is -4.37. The molecule has 1 aromatic carbocycles. The van der Waals surface area contributed by atoms with Gasteiger partial charge in [0.1, 0.15) is 0 Å². The first-order chi connectivity index (χ1) is 8.70. The predicted molar refractivity (Wildman–Crippen MR) is 67.0 cm³/mol. The van der Waals surface area contributed by atoms with Gasteiger partial charge in [-0.15, -0.1) is 0 Å². The summed E-state index contributed by atoms with van der Waals surface area (Å²) in [6, 6.07) is 4.37. The summed E-state index contributed by atoms with van der Waals surface area (Å²) in [4.78, 5) is -0.263. The van der Waals surface area contributed by atoms with Crippen LogP contribution in [0.2, 0.25) is 0 Å². The van der Waals surface area contributed by atoms with Gasteiger partial charge in [0.05, 0.1) is 4.90 Å². The molecule has 0 aliphatic heterocycles. The van der Waals surface area contributed by atoms with Crippen molar-refractivity contribution in [1.29, 1.82) is 0 Å². The summed E-state index contributed by atoms with van der Waals surface area (Å²) in [5.74, 6) is -3.60. The van der Waals surface area contributed by atoms with Gasteiger partial charge in [-0.05, 0) is 37.8 Å². The van der Waals surface area contributed by atoms with Gasteiger partial charge in [-0.2, -0.15) is 8.42 Å². The van der Waals surface area contributed by atoms with Gasteiger partial charge in [-0.1, -0.05) is 17.7 Å². The van der Waals surface area contributed by atoms with Crippen LogP contribution in [0.3, 0.4) is 0 Å². The lowest BCUT2D eigenvalue weighted by Crippen LogP contribution is -2.24. The van der Waals surface area contributed by atoms with E-state index >= 15 is 0 Å². The molecule has 2 rings (SSSR count). The Morgan fingerprint density at radius 1 is 1.42 bits per heavy atom. The van der Waals surface area contributed by atoms with E-state index < -0.39 is 22.0 Å². The fourth-order valence-corrected chi connectivity index (χ4v) is 3.35. The molecule has 1 fully saturated rings. The third kappa shape index (κ3) is 3.12. The molecule has 0 saturated heterocycles. The molecule has 106 valence electrons. The standard InChI is InChI=1S/C13H16F2O3S/c1-9-4-5-12(19(16,17)18)10(7-9)8-11-3-2-6-13(11,14)15/h4-5,7,11H,2-3,6,8H2,1H3,(H,16,17,18). The van der Waals surface area contributed by atoms with Gasteiger partial charge in [-0.3, -0.25) is 4.55 Å². The Balaban J connectivity index is 2.37. The van der Waals surface area contributed by atoms with Crippen LogP contribution in [0.25, 0.3) is 0 Å². The molecule has 1 aliphatic rings. The normalized spacial score (nSPS) is 22.6. The molecule has 0 radical (unpaired) electrons. The zero-order valence-corrected chi connectivity index (χ0v) is 11.4. The van der Waals surface area contributed by atoms with Gasteiger partial charge < -0.3 is 0 Å². The lowest BCUT2D eigenvalue weighted by atomic mass is 9.94. The molecule has 1 aliphatic carbocycles. The first-order valence-corrected chi connectivity index (χ1v) is 7.59. The van der Waals surface area contributed by atoms with E-state index in [2.05, 4.69) is 0 Å². The molecule has 0 spiro atoms. The van der Waals surface area contributed by atoms with E-state index in [0.717, 1.165) is 5.56 Å². The van der Waals surface area contributed by atoms with E-state index in [1.165, 1.54) is 6.07 Å². The van der Waals surface area contributed by atoms with Gasteiger partial charge in [0.2, 0.25) is 0 Å². The first-order valence-electron chi connectivity index (χ1n) is 6.15. The zero-order valence-electron chi connectivity index (χ0n) is 10.6. The summed E-state index contributed by atoms with van der Waals surface area (Å²) in [6.07, 6.45) is 0.658. The van der Waals surface area contributed by atoms with Crippen LogP contribution in [-0.4, -0.2) is 18.9 Å². The molecular formula is C13H16F2O3S. The summed E-state index contributed by atoms with van der Waals surface area (Å²) in [5, 5.41) is 0. The summed E-state index contributed by atoms with van der Waals surface area (Å²) >= 11 is 0. The quantitative estimate of drug-likeness (QED) is 0.870. The SMILES string of the molecule is Cc1ccc(S(=O)(=O)O)c(CC2CCCC2(F)F)c1. The Morgan fingerprint density at radius 3 is 2.63 bits per heavy atom. The second-order valence-corrected chi connectivity index (χ2v) is 6.53. The second-order valence-electron chi connectivity index (χ2n) is 5.14. The van der Waals surface area contributed by atoms with Gasteiger partial charge >= 0.3 is 0 Å². The fraction of sp³-hybridized carbons (Fsp3) is 0.538. The van der Waals surface area contributed by atoms with Crippen LogP contribution < -0.4 is 0 Å². The number of hydrogen-bond donors (Lipinski definition) is 1. The highest BCUT2D eigenvalue weighted by molar-refractivity contribution is 7.85. The molecule has 0 heterocycles. The topological polar surface area (TPSA) is 54.4 Å². The van der Waals surface area contributed by atoms with E-state index in [9.17, 15) is 17.2 Å². The fourth-order valence-electron chi connectivity index (χ4n) is 2.64. The van der Waals surface area contributed by atoms with E-state index in [0.29, 0.717) is 12.8 Å². The molecular weight excluding hydrogens is 274 g/mol. The highest BCUT2D eigenvalue weighted by Crippen LogP contribution is 2.42. The predicted octanol–water partition coefficient (Wildman–Crippen LogP) is 3.22. The van der Waals surface area contributed by atoms with Gasteiger partial charge in [0.25, 0.3) is 16.0 Å². The molecule has 1 aromatic rings. The smallest absolute Gasteiger partial charge is 0.282 e. The van der Waals surface area contributed by atoms with Gasteiger partial charge in [-0.25, -0.2) is 8.78 Å². The third-order valence-corrected chi connectivity index (χ3v) is 4.57. The molecule has 1 atom stereocenters. The van der Waals surface area contributed by atoms with E-state index in [-0.39, 0.29) is 23.3 Å². The Morgan fingerprint density at radius 2 is 2.11 bits per heavy atom. The Bertz CT molecular complexity index is 582. The summed E-state index contributed by atoms with van der Waals surface area (Å²) in [6.45, 7) is 1.75. The minimum atomic E-state index is -4.37. The number of aryl methyl sites for hydroxylation is 1. The Labute approximate surface area is 111 Å². The molecule has 3 nitrogen and oxygen atoms in total. The van der Waals surface area contributed by atoms with Crippen molar-refractivity contribution in [2.24, 2.45) is 5.92 Å². The molecule has 19 heavy (non-hydrogen) atoms. The molecule has 0 aromatic heterocycles. The van der Waals surface area contributed by atoms with Crippen LogP contribution >= 0.6 is 0 Å². The molecule has 0 bridgehead atoms. The maximum atomic E-state index is 13.6. The Kier molecular flexibility index (Phi) is 3.66. The summed E-state index contributed by atoms with van der Waals surface area (Å²) < 4.78 is 58.9. The number of hydrogen-bond acceptors (Lipinski definition) is 2.